The number of anilines is 1. The molecule has 16 heavy (non-hydrogen) atoms. The van der Waals surface area contributed by atoms with Gasteiger partial charge in [0.1, 0.15) is 0 Å². The van der Waals surface area contributed by atoms with Gasteiger partial charge >= 0.3 is 5.97 Å². The average Bonchev–Trinajstić information content (AvgIpc) is 2.28. The Morgan fingerprint density at radius 1 is 1.50 bits per heavy atom. The lowest BCUT2D eigenvalue weighted by atomic mass is 10.2. The molecule has 0 bridgehead atoms. The summed E-state index contributed by atoms with van der Waals surface area (Å²) in [5.41, 5.74) is 0.642. The molecule has 0 saturated heterocycles. The number of carboxylic acid groups (broad SMARTS) is 1. The van der Waals surface area contributed by atoms with E-state index >= 15 is 0 Å². The summed E-state index contributed by atoms with van der Waals surface area (Å²) in [4.78, 5) is 22.0. The van der Waals surface area contributed by atoms with Gasteiger partial charge in [-0.3, -0.25) is 4.79 Å². The van der Waals surface area contributed by atoms with Gasteiger partial charge in [0.25, 0.3) is 0 Å². The van der Waals surface area contributed by atoms with Gasteiger partial charge in [0.05, 0.1) is 10.4 Å². The first kappa shape index (κ1) is 12.7. The molecule has 1 aromatic carbocycles. The summed E-state index contributed by atoms with van der Waals surface area (Å²) in [5, 5.41) is 11.4. The van der Waals surface area contributed by atoms with Crippen molar-refractivity contribution in [2.45, 2.75) is 18.2 Å². The summed E-state index contributed by atoms with van der Waals surface area (Å²) in [5.74, 6) is -1.19. The third-order valence-electron chi connectivity index (χ3n) is 2.02. The molecule has 5 heteroatoms. The maximum Gasteiger partial charge on any atom is 0.335 e. The number of nitrogens with one attached hydrogen (secondary N) is 1. The number of hydrogen-bond donors (Lipinski definition) is 2. The van der Waals surface area contributed by atoms with Crippen LogP contribution in [0.4, 0.5) is 5.69 Å². The molecular weight excluding hydrogens is 274 g/mol. The van der Waals surface area contributed by atoms with E-state index in [2.05, 4.69) is 21.2 Å². The molecule has 0 heterocycles. The maximum atomic E-state index is 11.5. The van der Waals surface area contributed by atoms with Crippen molar-refractivity contribution in [2.24, 2.45) is 0 Å². The molecule has 1 atom stereocenters. The van der Waals surface area contributed by atoms with E-state index in [-0.39, 0.29) is 16.3 Å². The van der Waals surface area contributed by atoms with E-state index in [9.17, 15) is 9.59 Å². The average molecular weight is 286 g/mol. The maximum absolute atomic E-state index is 11.5. The third kappa shape index (κ3) is 3.34. The fourth-order valence-electron chi connectivity index (χ4n) is 1.14. The predicted octanol–water partition coefficient (Wildman–Crippen LogP) is 2.50. The standard InChI is InChI=1S/C11H12BrNO3/c1-2-9(12)10(14)13-8-5-3-4-7(6-8)11(15)16/h3-6,9H,2H2,1H3,(H,13,14)(H,15,16)/t9-/m0/s1. The van der Waals surface area contributed by atoms with Crippen molar-refractivity contribution >= 4 is 33.5 Å². The van der Waals surface area contributed by atoms with Crippen LogP contribution >= 0.6 is 15.9 Å². The highest BCUT2D eigenvalue weighted by molar-refractivity contribution is 9.10. The van der Waals surface area contributed by atoms with Gasteiger partial charge in [-0.05, 0) is 24.6 Å². The van der Waals surface area contributed by atoms with Gasteiger partial charge in [-0.15, -0.1) is 0 Å². The molecule has 1 rings (SSSR count). The molecular formula is C11H12BrNO3. The summed E-state index contributed by atoms with van der Waals surface area (Å²) < 4.78 is 0. The molecule has 0 fully saturated rings. The van der Waals surface area contributed by atoms with Crippen LogP contribution < -0.4 is 5.32 Å². The molecule has 86 valence electrons. The molecule has 0 aromatic heterocycles. The summed E-state index contributed by atoms with van der Waals surface area (Å²) in [7, 11) is 0. The van der Waals surface area contributed by atoms with E-state index in [0.29, 0.717) is 12.1 Å². The fourth-order valence-corrected chi connectivity index (χ4v) is 1.25. The number of alkyl halides is 1. The first-order chi connectivity index (χ1) is 7.54. The minimum absolute atomic E-state index is 0.153. The van der Waals surface area contributed by atoms with Crippen molar-refractivity contribution in [3.05, 3.63) is 29.8 Å². The predicted molar refractivity (Wildman–Crippen MR) is 65.0 cm³/mol. The summed E-state index contributed by atoms with van der Waals surface area (Å²) in [6, 6.07) is 6.15. The number of carbonyl (C=O) groups excluding carboxylic acids is 1. The zero-order chi connectivity index (χ0) is 12.1. The topological polar surface area (TPSA) is 66.4 Å². The molecule has 0 aliphatic carbocycles. The number of halogens is 1. The van der Waals surface area contributed by atoms with E-state index in [1.807, 2.05) is 6.92 Å². The van der Waals surface area contributed by atoms with Crippen LogP contribution in [-0.2, 0) is 4.79 Å². The lowest BCUT2D eigenvalue weighted by Crippen LogP contribution is -2.22. The van der Waals surface area contributed by atoms with Crippen LogP contribution in [0, 0.1) is 0 Å². The second-order valence-electron chi connectivity index (χ2n) is 3.25. The molecule has 0 aliphatic rings. The molecule has 4 nitrogen and oxygen atoms in total. The largest absolute Gasteiger partial charge is 0.478 e. The van der Waals surface area contributed by atoms with Gasteiger partial charge in [0.2, 0.25) is 5.91 Å². The van der Waals surface area contributed by atoms with E-state index < -0.39 is 5.97 Å². The minimum atomic E-state index is -1.01. The Balaban J connectivity index is 2.78. The molecule has 0 saturated carbocycles. The first-order valence-electron chi connectivity index (χ1n) is 4.83. The van der Waals surface area contributed by atoms with Gasteiger partial charge in [-0.2, -0.15) is 0 Å². The van der Waals surface area contributed by atoms with Crippen molar-refractivity contribution in [1.82, 2.24) is 0 Å². The highest BCUT2D eigenvalue weighted by atomic mass is 79.9. The number of aromatic carboxylic acids is 1. The van der Waals surface area contributed by atoms with Crippen LogP contribution in [0.5, 0.6) is 0 Å². The van der Waals surface area contributed by atoms with Crippen molar-refractivity contribution < 1.29 is 14.7 Å². The van der Waals surface area contributed by atoms with Crippen molar-refractivity contribution in [3.8, 4) is 0 Å². The molecule has 0 unspecified atom stereocenters. The Morgan fingerprint density at radius 2 is 2.19 bits per heavy atom. The quantitative estimate of drug-likeness (QED) is 0.836. The second-order valence-corrected chi connectivity index (χ2v) is 4.36. The summed E-state index contributed by atoms with van der Waals surface area (Å²) in [6.45, 7) is 1.88. The van der Waals surface area contributed by atoms with Crippen LogP contribution in [0.3, 0.4) is 0 Å². The third-order valence-corrected chi connectivity index (χ3v) is 3.08. The highest BCUT2D eigenvalue weighted by Gasteiger charge is 2.12. The monoisotopic (exact) mass is 285 g/mol. The van der Waals surface area contributed by atoms with E-state index in [0.717, 1.165) is 0 Å². The fraction of sp³-hybridized carbons (Fsp3) is 0.273. The van der Waals surface area contributed by atoms with Crippen LogP contribution in [0.15, 0.2) is 24.3 Å². The van der Waals surface area contributed by atoms with E-state index in [1.54, 1.807) is 12.1 Å². The van der Waals surface area contributed by atoms with Crippen molar-refractivity contribution in [3.63, 3.8) is 0 Å². The Morgan fingerprint density at radius 3 is 2.75 bits per heavy atom. The van der Waals surface area contributed by atoms with Gasteiger partial charge in [-0.1, -0.05) is 28.9 Å². The summed E-state index contributed by atoms with van der Waals surface area (Å²) >= 11 is 3.22. The molecule has 2 N–H and O–H groups in total. The minimum Gasteiger partial charge on any atom is -0.478 e. The van der Waals surface area contributed by atoms with E-state index in [4.69, 9.17) is 5.11 Å². The molecule has 1 aromatic rings. The van der Waals surface area contributed by atoms with Gasteiger partial charge in [0, 0.05) is 5.69 Å². The lowest BCUT2D eigenvalue weighted by molar-refractivity contribution is -0.115. The van der Waals surface area contributed by atoms with Gasteiger partial charge in [-0.25, -0.2) is 4.79 Å². The zero-order valence-electron chi connectivity index (χ0n) is 8.74. The number of amides is 1. The highest BCUT2D eigenvalue weighted by Crippen LogP contribution is 2.13. The van der Waals surface area contributed by atoms with E-state index in [1.165, 1.54) is 12.1 Å². The first-order valence-corrected chi connectivity index (χ1v) is 5.74. The molecule has 1 amide bonds. The molecule has 0 aliphatic heterocycles. The van der Waals surface area contributed by atoms with Crippen LogP contribution in [0.2, 0.25) is 0 Å². The Kier molecular flexibility index (Phi) is 4.49. The van der Waals surface area contributed by atoms with Crippen LogP contribution in [0.1, 0.15) is 23.7 Å². The van der Waals surface area contributed by atoms with Crippen molar-refractivity contribution in [1.29, 1.82) is 0 Å². The Labute approximate surface area is 102 Å². The smallest absolute Gasteiger partial charge is 0.335 e. The summed E-state index contributed by atoms with van der Waals surface area (Å²) in [6.07, 6.45) is 0.671. The number of rotatable bonds is 4. The SMILES string of the molecule is CC[C@H](Br)C(=O)Nc1cccc(C(=O)O)c1. The number of benzene rings is 1. The molecule has 0 spiro atoms. The van der Waals surface area contributed by atoms with Gasteiger partial charge in [0.15, 0.2) is 0 Å². The Hall–Kier alpha value is -1.36. The lowest BCUT2D eigenvalue weighted by Gasteiger charge is -2.08. The van der Waals surface area contributed by atoms with Crippen molar-refractivity contribution in [2.75, 3.05) is 5.32 Å². The zero-order valence-corrected chi connectivity index (χ0v) is 10.3. The van der Waals surface area contributed by atoms with Crippen LogP contribution in [0.25, 0.3) is 0 Å². The van der Waals surface area contributed by atoms with Gasteiger partial charge < -0.3 is 10.4 Å². The van der Waals surface area contributed by atoms with Crippen LogP contribution in [-0.4, -0.2) is 21.8 Å². The normalized spacial score (nSPS) is 11.9. The number of carbonyl (C=O) groups is 2. The number of hydrogen-bond acceptors (Lipinski definition) is 2. The molecule has 0 radical (unpaired) electrons. The second kappa shape index (κ2) is 5.65. The number of carboxylic acids is 1. The Bertz CT molecular complexity index is 406.